The Morgan fingerprint density at radius 2 is 1.00 bits per heavy atom. The van der Waals surface area contributed by atoms with Crippen LogP contribution in [0.4, 0.5) is 0 Å². The third kappa shape index (κ3) is 4.21. The van der Waals surface area contributed by atoms with Gasteiger partial charge in [-0.15, -0.1) is 22.7 Å². The van der Waals surface area contributed by atoms with E-state index in [4.69, 9.17) is 22.7 Å². The van der Waals surface area contributed by atoms with Crippen LogP contribution >= 0.6 is 22.7 Å². The fourth-order valence-electron chi connectivity index (χ4n) is 4.31. The van der Waals surface area contributed by atoms with Crippen LogP contribution in [0.15, 0.2) is 97.2 Å². The van der Waals surface area contributed by atoms with Crippen LogP contribution in [0.25, 0.3) is 45.2 Å². The molecule has 0 bridgehead atoms. The third-order valence-corrected chi connectivity index (χ3v) is 8.33. The highest BCUT2D eigenvalue weighted by molar-refractivity contribution is 7.16. The fourth-order valence-corrected chi connectivity index (χ4v) is 6.05. The van der Waals surface area contributed by atoms with Crippen LogP contribution in [-0.4, -0.2) is 11.9 Å². The number of thiophene rings is 2. The Bertz CT molecular complexity index is 1880. The van der Waals surface area contributed by atoms with Crippen LogP contribution in [-0.2, 0) is 19.1 Å². The Balaban J connectivity index is 1.14. The van der Waals surface area contributed by atoms with E-state index in [1.807, 2.05) is 74.5 Å². The summed E-state index contributed by atoms with van der Waals surface area (Å²) in [5.74, 6) is 3.54. The van der Waals surface area contributed by atoms with Gasteiger partial charge in [-0.25, -0.2) is 9.59 Å². The van der Waals surface area contributed by atoms with Gasteiger partial charge >= 0.3 is 11.9 Å². The number of hydrogen-bond donors (Lipinski definition) is 0. The zero-order chi connectivity index (χ0) is 26.7. The molecular weight excluding hydrogens is 536 g/mol. The van der Waals surface area contributed by atoms with E-state index in [1.54, 1.807) is 12.2 Å². The van der Waals surface area contributed by atoms with Gasteiger partial charge in [0.15, 0.2) is 23.0 Å². The highest BCUT2D eigenvalue weighted by Crippen LogP contribution is 2.40. The number of esters is 2. The van der Waals surface area contributed by atoms with E-state index in [0.29, 0.717) is 40.3 Å². The van der Waals surface area contributed by atoms with Crippen molar-refractivity contribution in [3.8, 4) is 33.7 Å². The molecule has 0 amide bonds. The van der Waals surface area contributed by atoms with E-state index in [1.165, 1.54) is 22.7 Å². The monoisotopic (exact) mass is 554 g/mol. The highest BCUT2D eigenvalue weighted by atomic mass is 32.1. The molecule has 7 heterocycles. The van der Waals surface area contributed by atoms with Crippen molar-refractivity contribution >= 4 is 46.1 Å². The molecule has 0 fully saturated rings. The Kier molecular flexibility index (Phi) is 5.43. The topological polar surface area (TPSA) is 92.0 Å². The smallest absolute Gasteiger partial charge is 0.344 e. The maximum atomic E-state index is 12.7. The molecule has 0 saturated carbocycles. The molecule has 0 saturated heterocycles. The van der Waals surface area contributed by atoms with E-state index in [2.05, 4.69) is 0 Å². The first-order valence-corrected chi connectivity index (χ1v) is 13.6. The number of cyclic esters (lactones) is 2. The lowest BCUT2D eigenvalue weighted by Crippen LogP contribution is -2.05. The number of carbonyl (C=O) groups is 2. The molecular formula is C30H18O7S2. The van der Waals surface area contributed by atoms with E-state index in [-0.39, 0.29) is 11.1 Å². The molecule has 5 aromatic heterocycles. The number of hydrogen-bond acceptors (Lipinski definition) is 9. The Labute approximate surface area is 229 Å². The molecule has 0 aromatic carbocycles. The second-order valence-corrected chi connectivity index (χ2v) is 11.3. The molecule has 0 unspecified atom stereocenters. The lowest BCUT2D eigenvalue weighted by Gasteiger charge is -1.98. The van der Waals surface area contributed by atoms with Crippen molar-refractivity contribution in [3.05, 3.63) is 104 Å². The van der Waals surface area contributed by atoms with Gasteiger partial charge in [-0.3, -0.25) is 0 Å². The Hall–Kier alpha value is -4.60. The molecule has 9 heteroatoms. The molecule has 0 aliphatic carbocycles. The largest absolute Gasteiger partial charge is 0.458 e. The van der Waals surface area contributed by atoms with Gasteiger partial charge in [0, 0.05) is 4.88 Å². The van der Waals surface area contributed by atoms with E-state index >= 15 is 0 Å². The summed E-state index contributed by atoms with van der Waals surface area (Å²) in [6, 6.07) is 18.7. The number of ether oxygens (including phenoxy) is 2. The summed E-state index contributed by atoms with van der Waals surface area (Å²) in [7, 11) is 0. The molecule has 192 valence electrons. The molecule has 7 nitrogen and oxygen atoms in total. The average molecular weight is 555 g/mol. The number of carbonyl (C=O) groups excluding carboxylic acids is 2. The number of rotatable bonds is 5. The lowest BCUT2D eigenvalue weighted by molar-refractivity contribution is -0.133. The average Bonchev–Trinajstić information content (AvgIpc) is 3.74. The molecule has 2 aliphatic heterocycles. The highest BCUT2D eigenvalue weighted by Gasteiger charge is 2.33. The van der Waals surface area contributed by atoms with Crippen molar-refractivity contribution in [2.24, 2.45) is 0 Å². The van der Waals surface area contributed by atoms with Crippen molar-refractivity contribution in [3.63, 3.8) is 0 Å². The lowest BCUT2D eigenvalue weighted by atomic mass is 10.1. The van der Waals surface area contributed by atoms with Gasteiger partial charge in [-0.1, -0.05) is 0 Å². The number of furan rings is 3. The van der Waals surface area contributed by atoms with Gasteiger partial charge in [0.2, 0.25) is 0 Å². The molecule has 0 spiro atoms. The third-order valence-electron chi connectivity index (χ3n) is 6.20. The van der Waals surface area contributed by atoms with E-state index < -0.39 is 11.9 Å². The minimum Gasteiger partial charge on any atom is -0.458 e. The summed E-state index contributed by atoms with van der Waals surface area (Å²) in [6.07, 6.45) is 3.18. The SMILES string of the molecule is Cc1ccc(-c2ccc(-c3ccc(-c4ccc(C5=C/C(=C6/C=C(c7ccc(C)s7)OC6=O)C(=O)O5)s4)o3)o2)o1. The maximum absolute atomic E-state index is 12.7. The zero-order valence-corrected chi connectivity index (χ0v) is 22.2. The molecule has 0 radical (unpaired) electrons. The summed E-state index contributed by atoms with van der Waals surface area (Å²) >= 11 is 2.92. The van der Waals surface area contributed by atoms with Crippen LogP contribution in [0, 0.1) is 13.8 Å². The first-order valence-electron chi connectivity index (χ1n) is 12.0. The second kappa shape index (κ2) is 9.00. The molecule has 2 aliphatic rings. The zero-order valence-electron chi connectivity index (χ0n) is 20.6. The number of aryl methyl sites for hydroxylation is 2. The summed E-state index contributed by atoms with van der Waals surface area (Å²) in [5.41, 5.74) is 0.361. The van der Waals surface area contributed by atoms with E-state index in [0.717, 1.165) is 25.3 Å². The summed E-state index contributed by atoms with van der Waals surface area (Å²) in [6.45, 7) is 3.85. The minimum absolute atomic E-state index is 0.175. The van der Waals surface area contributed by atoms with Gasteiger partial charge in [-0.2, -0.15) is 0 Å². The molecule has 0 N–H and O–H groups in total. The maximum Gasteiger partial charge on any atom is 0.344 e. The molecule has 7 rings (SSSR count). The second-order valence-electron chi connectivity index (χ2n) is 8.94. The van der Waals surface area contributed by atoms with Crippen LogP contribution in [0.1, 0.15) is 20.4 Å². The standard InChI is InChI=1S/C30H18O7S2/c1-15-3-5-19(33-15)20-6-7-21(34-20)22-8-9-23(35-22)26-11-12-28(39-26)25-14-18(30(32)37-25)17-13-24(36-29(17)31)27-10-4-16(2)38-27/h3-14H,1-2H3/b18-17+. The first kappa shape index (κ1) is 23.5. The van der Waals surface area contributed by atoms with Crippen molar-refractivity contribution in [2.45, 2.75) is 13.8 Å². The summed E-state index contributed by atoms with van der Waals surface area (Å²) in [4.78, 5) is 28.7. The normalized spacial score (nSPS) is 17.0. The van der Waals surface area contributed by atoms with Crippen LogP contribution in [0.5, 0.6) is 0 Å². The van der Waals surface area contributed by atoms with Gasteiger partial charge in [0.25, 0.3) is 0 Å². The Morgan fingerprint density at radius 3 is 1.56 bits per heavy atom. The van der Waals surface area contributed by atoms with E-state index in [9.17, 15) is 9.59 Å². The summed E-state index contributed by atoms with van der Waals surface area (Å²) < 4.78 is 28.6. The van der Waals surface area contributed by atoms with Crippen molar-refractivity contribution < 1.29 is 32.3 Å². The minimum atomic E-state index is -0.590. The van der Waals surface area contributed by atoms with Crippen LogP contribution in [0.2, 0.25) is 0 Å². The van der Waals surface area contributed by atoms with Crippen molar-refractivity contribution in [1.82, 2.24) is 0 Å². The van der Waals surface area contributed by atoms with Crippen molar-refractivity contribution in [2.75, 3.05) is 0 Å². The van der Waals surface area contributed by atoms with Crippen LogP contribution in [0.3, 0.4) is 0 Å². The first-order chi connectivity index (χ1) is 18.9. The molecule has 0 atom stereocenters. The Morgan fingerprint density at radius 1 is 0.513 bits per heavy atom. The molecule has 39 heavy (non-hydrogen) atoms. The quantitative estimate of drug-likeness (QED) is 0.161. The van der Waals surface area contributed by atoms with Gasteiger partial charge in [0.1, 0.15) is 23.0 Å². The van der Waals surface area contributed by atoms with Gasteiger partial charge in [0.05, 0.1) is 25.8 Å². The molecule has 5 aromatic rings. The predicted molar refractivity (Wildman–Crippen MR) is 146 cm³/mol. The predicted octanol–water partition coefficient (Wildman–Crippen LogP) is 8.00. The van der Waals surface area contributed by atoms with Gasteiger partial charge < -0.3 is 22.7 Å². The van der Waals surface area contributed by atoms with Gasteiger partial charge in [-0.05, 0) is 86.7 Å². The van der Waals surface area contributed by atoms with Crippen molar-refractivity contribution in [1.29, 1.82) is 0 Å². The fraction of sp³-hybridized carbons (Fsp3) is 0.0667. The summed E-state index contributed by atoms with van der Waals surface area (Å²) in [5, 5.41) is 0. The van der Waals surface area contributed by atoms with Crippen LogP contribution < -0.4 is 0 Å².